The number of anilines is 1. The van der Waals surface area contributed by atoms with Crippen molar-refractivity contribution in [2.45, 2.75) is 38.4 Å². The van der Waals surface area contributed by atoms with Crippen LogP contribution in [0.4, 0.5) is 18.9 Å². The van der Waals surface area contributed by atoms with Gasteiger partial charge in [-0.3, -0.25) is 0 Å². The van der Waals surface area contributed by atoms with E-state index in [9.17, 15) is 13.2 Å². The van der Waals surface area contributed by atoms with Crippen molar-refractivity contribution in [1.82, 2.24) is 0 Å². The summed E-state index contributed by atoms with van der Waals surface area (Å²) < 4.78 is 38.3. The van der Waals surface area contributed by atoms with Gasteiger partial charge in [-0.2, -0.15) is 13.2 Å². The maximum Gasteiger partial charge on any atom is 0.416 e. The molecule has 0 amide bonds. The Balaban J connectivity index is 2.19. The number of nitrogens with one attached hydrogen (secondary N) is 1. The molecule has 1 nitrogen and oxygen atoms in total. The maximum atomic E-state index is 12.8. The molecule has 1 aliphatic rings. The highest BCUT2D eigenvalue weighted by Gasteiger charge is 2.32. The predicted molar refractivity (Wildman–Crippen MR) is 66.6 cm³/mol. The molecule has 0 aromatic heterocycles. The van der Waals surface area contributed by atoms with Crippen molar-refractivity contribution in [2.24, 2.45) is 0 Å². The van der Waals surface area contributed by atoms with Crippen LogP contribution in [0.2, 0.25) is 0 Å². The average molecular weight is 255 g/mol. The lowest BCUT2D eigenvalue weighted by molar-refractivity contribution is -0.138. The predicted octanol–water partition coefficient (Wildman–Crippen LogP) is 4.53. The number of aryl methyl sites for hydroxylation is 1. The molecule has 1 aliphatic carbocycles. The molecule has 1 unspecified atom stereocenters. The van der Waals surface area contributed by atoms with Crippen LogP contribution >= 0.6 is 0 Å². The first-order valence-corrected chi connectivity index (χ1v) is 6.08. The number of hydrogen-bond acceptors (Lipinski definition) is 1. The van der Waals surface area contributed by atoms with Crippen LogP contribution < -0.4 is 5.32 Å². The van der Waals surface area contributed by atoms with Crippen molar-refractivity contribution in [1.29, 1.82) is 0 Å². The van der Waals surface area contributed by atoms with Crippen molar-refractivity contribution < 1.29 is 13.2 Å². The Hall–Kier alpha value is -1.45. The summed E-state index contributed by atoms with van der Waals surface area (Å²) in [7, 11) is 0. The Kier molecular flexibility index (Phi) is 3.64. The smallest absolute Gasteiger partial charge is 0.379 e. The normalized spacial score (nSPS) is 19.9. The van der Waals surface area contributed by atoms with Crippen molar-refractivity contribution in [3.05, 3.63) is 41.5 Å². The van der Waals surface area contributed by atoms with Gasteiger partial charge in [0.1, 0.15) is 0 Å². The zero-order valence-corrected chi connectivity index (χ0v) is 10.2. The third-order valence-electron chi connectivity index (χ3n) is 3.15. The summed E-state index contributed by atoms with van der Waals surface area (Å²) in [4.78, 5) is 0. The number of allylic oxidation sites excluding steroid dienone is 1. The maximum absolute atomic E-state index is 12.8. The second kappa shape index (κ2) is 5.04. The lowest BCUT2D eigenvalue weighted by Crippen LogP contribution is -2.19. The van der Waals surface area contributed by atoms with Crippen LogP contribution in [0.15, 0.2) is 30.4 Å². The highest BCUT2D eigenvalue weighted by atomic mass is 19.4. The molecule has 98 valence electrons. The minimum absolute atomic E-state index is 0.141. The molecule has 0 spiro atoms. The molecular weight excluding hydrogens is 239 g/mol. The van der Waals surface area contributed by atoms with Gasteiger partial charge in [-0.25, -0.2) is 0 Å². The number of rotatable bonds is 2. The average Bonchev–Trinajstić information content (AvgIpc) is 2.31. The molecule has 0 aliphatic heterocycles. The van der Waals surface area contributed by atoms with E-state index >= 15 is 0 Å². The van der Waals surface area contributed by atoms with Gasteiger partial charge < -0.3 is 5.32 Å². The molecule has 2 rings (SSSR count). The van der Waals surface area contributed by atoms with Gasteiger partial charge in [-0.15, -0.1) is 0 Å². The lowest BCUT2D eigenvalue weighted by atomic mass is 10.0. The van der Waals surface area contributed by atoms with E-state index in [1.165, 1.54) is 19.1 Å². The van der Waals surface area contributed by atoms with E-state index in [0.717, 1.165) is 19.3 Å². The third kappa shape index (κ3) is 3.06. The summed E-state index contributed by atoms with van der Waals surface area (Å²) in [6, 6.07) is 4.55. The molecule has 0 saturated heterocycles. The van der Waals surface area contributed by atoms with Crippen LogP contribution in [0.3, 0.4) is 0 Å². The minimum Gasteiger partial charge on any atom is -0.379 e. The monoisotopic (exact) mass is 255 g/mol. The zero-order chi connectivity index (χ0) is 13.2. The zero-order valence-electron chi connectivity index (χ0n) is 10.2. The van der Waals surface area contributed by atoms with Gasteiger partial charge in [0.2, 0.25) is 0 Å². The molecule has 0 saturated carbocycles. The Morgan fingerprint density at radius 1 is 1.28 bits per heavy atom. The number of benzene rings is 1. The minimum atomic E-state index is -4.29. The molecule has 0 bridgehead atoms. The molecule has 4 heteroatoms. The van der Waals surface area contributed by atoms with Gasteiger partial charge in [0.05, 0.1) is 5.56 Å². The van der Waals surface area contributed by atoms with Gasteiger partial charge >= 0.3 is 6.18 Å². The third-order valence-corrected chi connectivity index (χ3v) is 3.15. The number of halogens is 3. The molecule has 0 heterocycles. The Labute approximate surface area is 105 Å². The molecule has 1 aromatic rings. The topological polar surface area (TPSA) is 12.0 Å². The van der Waals surface area contributed by atoms with E-state index < -0.39 is 11.7 Å². The van der Waals surface area contributed by atoms with Crippen LogP contribution in [0.25, 0.3) is 0 Å². The van der Waals surface area contributed by atoms with Crippen LogP contribution in [-0.4, -0.2) is 6.04 Å². The van der Waals surface area contributed by atoms with E-state index in [-0.39, 0.29) is 11.6 Å². The summed E-state index contributed by atoms with van der Waals surface area (Å²) in [5.41, 5.74) is 0.226. The van der Waals surface area contributed by atoms with Crippen LogP contribution in [-0.2, 0) is 6.18 Å². The molecule has 1 aromatic carbocycles. The molecular formula is C14H16F3N. The highest BCUT2D eigenvalue weighted by Crippen LogP contribution is 2.33. The first kappa shape index (κ1) is 13.0. The first-order chi connectivity index (χ1) is 8.47. The molecule has 0 fully saturated rings. The second-order valence-electron chi connectivity index (χ2n) is 4.64. The van der Waals surface area contributed by atoms with E-state index in [4.69, 9.17) is 0 Å². The Bertz CT molecular complexity index is 449. The van der Waals surface area contributed by atoms with Crippen LogP contribution in [0.1, 0.15) is 30.4 Å². The standard InChI is InChI=1S/C14H16F3N/c1-10-7-8-12(9-13(10)14(15,16)17)18-11-5-3-2-4-6-11/h3,5,7-9,11,18H,2,4,6H2,1H3. The van der Waals surface area contributed by atoms with Gasteiger partial charge in [0.25, 0.3) is 0 Å². The summed E-state index contributed by atoms with van der Waals surface area (Å²) >= 11 is 0. The number of alkyl halides is 3. The fraction of sp³-hybridized carbons (Fsp3) is 0.429. The van der Waals surface area contributed by atoms with Gasteiger partial charge in [-0.05, 0) is 43.9 Å². The largest absolute Gasteiger partial charge is 0.416 e. The lowest BCUT2D eigenvalue weighted by Gasteiger charge is -2.20. The molecule has 1 N–H and O–H groups in total. The van der Waals surface area contributed by atoms with Gasteiger partial charge in [0.15, 0.2) is 0 Å². The fourth-order valence-electron chi connectivity index (χ4n) is 2.16. The van der Waals surface area contributed by atoms with E-state index in [1.54, 1.807) is 6.07 Å². The molecule has 0 radical (unpaired) electrons. The first-order valence-electron chi connectivity index (χ1n) is 6.08. The van der Waals surface area contributed by atoms with Crippen molar-refractivity contribution in [3.63, 3.8) is 0 Å². The molecule has 1 atom stereocenters. The van der Waals surface area contributed by atoms with Crippen molar-refractivity contribution in [3.8, 4) is 0 Å². The summed E-state index contributed by atoms with van der Waals surface area (Å²) in [6.45, 7) is 1.48. The number of hydrogen-bond donors (Lipinski definition) is 1. The van der Waals surface area contributed by atoms with E-state index in [2.05, 4.69) is 11.4 Å². The summed E-state index contributed by atoms with van der Waals surface area (Å²) in [5, 5.41) is 3.13. The Morgan fingerprint density at radius 2 is 2.06 bits per heavy atom. The van der Waals surface area contributed by atoms with Crippen molar-refractivity contribution >= 4 is 5.69 Å². The van der Waals surface area contributed by atoms with Gasteiger partial charge in [-0.1, -0.05) is 18.2 Å². The highest BCUT2D eigenvalue weighted by molar-refractivity contribution is 5.50. The van der Waals surface area contributed by atoms with Gasteiger partial charge in [0, 0.05) is 11.7 Å². The SMILES string of the molecule is Cc1ccc(NC2C=CCCC2)cc1C(F)(F)F. The second-order valence-corrected chi connectivity index (χ2v) is 4.64. The van der Waals surface area contributed by atoms with E-state index in [0.29, 0.717) is 5.69 Å². The summed E-state index contributed by atoms with van der Waals surface area (Å²) in [5.74, 6) is 0. The summed E-state index contributed by atoms with van der Waals surface area (Å²) in [6.07, 6.45) is 2.90. The van der Waals surface area contributed by atoms with Crippen LogP contribution in [0.5, 0.6) is 0 Å². The van der Waals surface area contributed by atoms with Crippen molar-refractivity contribution in [2.75, 3.05) is 5.32 Å². The quantitative estimate of drug-likeness (QED) is 0.765. The van der Waals surface area contributed by atoms with E-state index in [1.807, 2.05) is 6.08 Å². The fourth-order valence-corrected chi connectivity index (χ4v) is 2.16. The molecule has 18 heavy (non-hydrogen) atoms. The Morgan fingerprint density at radius 3 is 2.67 bits per heavy atom. The van der Waals surface area contributed by atoms with Crippen LogP contribution in [0, 0.1) is 6.92 Å².